The molecule has 11 nitrogen and oxygen atoms in total. The number of halogens is 1. The molecule has 5 heterocycles. The van der Waals surface area contributed by atoms with E-state index in [-0.39, 0.29) is 30.1 Å². The smallest absolute Gasteiger partial charge is 0.255 e. The first kappa shape index (κ1) is 34.2. The van der Waals surface area contributed by atoms with Crippen LogP contribution in [0.2, 0.25) is 0 Å². The zero-order valence-corrected chi connectivity index (χ0v) is 29.4. The second-order valence-electron chi connectivity index (χ2n) is 13.6. The number of nitrogens with zero attached hydrogens (tertiary/aromatic N) is 6. The van der Waals surface area contributed by atoms with Gasteiger partial charge in [-0.05, 0) is 86.9 Å². The summed E-state index contributed by atoms with van der Waals surface area (Å²) in [5.41, 5.74) is 7.18. The van der Waals surface area contributed by atoms with Crippen molar-refractivity contribution in [3.63, 3.8) is 0 Å². The van der Waals surface area contributed by atoms with Crippen LogP contribution in [0.4, 0.5) is 10.1 Å². The quantitative estimate of drug-likeness (QED) is 0.143. The largest absolute Gasteiger partial charge is 0.473 e. The van der Waals surface area contributed by atoms with E-state index in [1.54, 1.807) is 18.2 Å². The van der Waals surface area contributed by atoms with Gasteiger partial charge >= 0.3 is 0 Å². The molecule has 2 N–H and O–H groups in total. The number of aryl methyl sites for hydroxylation is 1. The molecule has 2 saturated heterocycles. The van der Waals surface area contributed by atoms with Crippen molar-refractivity contribution in [3.8, 4) is 11.9 Å². The van der Waals surface area contributed by atoms with Gasteiger partial charge in [0.05, 0.1) is 47.4 Å². The second-order valence-corrected chi connectivity index (χ2v) is 13.6. The average molecular weight is 711 g/mol. The highest BCUT2D eigenvalue weighted by molar-refractivity contribution is 6.07. The minimum Gasteiger partial charge on any atom is -0.473 e. The fourth-order valence-electron chi connectivity index (χ4n) is 7.17. The van der Waals surface area contributed by atoms with Crippen molar-refractivity contribution in [2.24, 2.45) is 0 Å². The summed E-state index contributed by atoms with van der Waals surface area (Å²) < 4.78 is 28.2. The van der Waals surface area contributed by atoms with E-state index < -0.39 is 5.82 Å². The molecule has 2 aliphatic rings. The van der Waals surface area contributed by atoms with E-state index in [4.69, 9.17) is 24.7 Å². The van der Waals surface area contributed by atoms with Crippen molar-refractivity contribution in [3.05, 3.63) is 119 Å². The summed E-state index contributed by atoms with van der Waals surface area (Å²) in [6, 6.07) is 23.4. The molecule has 3 aromatic heterocycles. The van der Waals surface area contributed by atoms with Gasteiger partial charge in [-0.2, -0.15) is 10.4 Å². The van der Waals surface area contributed by atoms with Gasteiger partial charge in [0.2, 0.25) is 5.88 Å². The molecule has 2 aliphatic heterocycles. The lowest BCUT2D eigenvalue weighted by Crippen LogP contribution is -2.35. The van der Waals surface area contributed by atoms with Crippen LogP contribution in [-0.2, 0) is 24.3 Å². The molecule has 0 bridgehead atoms. The molecule has 0 unspecified atom stereocenters. The molecule has 8 rings (SSSR count). The number of carbonyl (C=O) groups is 1. The van der Waals surface area contributed by atoms with E-state index in [0.717, 1.165) is 83.6 Å². The van der Waals surface area contributed by atoms with Crippen LogP contribution in [0.15, 0.2) is 79.4 Å². The highest BCUT2D eigenvalue weighted by Crippen LogP contribution is 2.32. The van der Waals surface area contributed by atoms with Crippen LogP contribution < -0.4 is 10.1 Å². The van der Waals surface area contributed by atoms with Gasteiger partial charge in [-0.15, -0.1) is 0 Å². The molecule has 53 heavy (non-hydrogen) atoms. The Morgan fingerprint density at radius 3 is 2.68 bits per heavy atom. The lowest BCUT2D eigenvalue weighted by molar-refractivity contribution is -0.0148. The van der Waals surface area contributed by atoms with E-state index in [9.17, 15) is 9.18 Å². The third-order valence-corrected chi connectivity index (χ3v) is 10.3. The van der Waals surface area contributed by atoms with Crippen molar-refractivity contribution in [1.82, 2.24) is 29.6 Å². The highest BCUT2D eigenvalue weighted by atomic mass is 19.1. The maximum absolute atomic E-state index is 14.4. The van der Waals surface area contributed by atoms with E-state index in [2.05, 4.69) is 38.5 Å². The van der Waals surface area contributed by atoms with Crippen LogP contribution in [0, 0.1) is 17.1 Å². The first-order valence-corrected chi connectivity index (χ1v) is 18.0. The molecule has 0 spiro atoms. The number of rotatable bonds is 11. The number of benzene rings is 3. The van der Waals surface area contributed by atoms with Crippen LogP contribution in [-0.4, -0.2) is 61.3 Å². The molecule has 6 aromatic rings. The van der Waals surface area contributed by atoms with Crippen molar-refractivity contribution in [1.29, 1.82) is 5.26 Å². The molecule has 268 valence electrons. The Morgan fingerprint density at radius 2 is 1.92 bits per heavy atom. The number of aromatic nitrogens is 5. The number of hydrogen-bond donors (Lipinski definition) is 2. The normalized spacial score (nSPS) is 16.4. The zero-order chi connectivity index (χ0) is 36.5. The average Bonchev–Trinajstić information content (AvgIpc) is 3.74. The van der Waals surface area contributed by atoms with Gasteiger partial charge in [-0.1, -0.05) is 25.6 Å². The zero-order valence-electron chi connectivity index (χ0n) is 29.4. The number of nitrogens with one attached hydrogen (secondary N) is 2. The van der Waals surface area contributed by atoms with Gasteiger partial charge in [-0.3, -0.25) is 19.4 Å². The van der Waals surface area contributed by atoms with Crippen molar-refractivity contribution in [2.75, 3.05) is 25.0 Å². The number of pyridine rings is 1. The lowest BCUT2D eigenvalue weighted by atomic mass is 9.93. The molecule has 0 radical (unpaired) electrons. The number of carbonyl (C=O) groups excluding carboxylic acids is 1. The number of imidazole rings is 1. The Labute approximate surface area is 306 Å². The molecular weight excluding hydrogens is 672 g/mol. The highest BCUT2D eigenvalue weighted by Gasteiger charge is 2.28. The standard InChI is InChI=1S/C41H39FN8O3/c1-3-33-31-21-30(10-11-35(31)48-47-33)44-41(51)28-9-12-37-36(20-28)45-39(50(37)25(2)38-15-18-52-38)23-49-16-13-27(14-17-49)34-5-4-6-40(46-34)53-24-29-8-7-26(22-43)19-32(29)42/h4-12,19-21,27,38H,2-3,13-18,23-24H2,1H3,(H,44,51)(H,47,48)/t38-/m0/s1. The summed E-state index contributed by atoms with van der Waals surface area (Å²) in [6.07, 6.45) is 3.46. The summed E-state index contributed by atoms with van der Waals surface area (Å²) in [5, 5.41) is 20.5. The van der Waals surface area contributed by atoms with Crippen LogP contribution >= 0.6 is 0 Å². The van der Waals surface area contributed by atoms with Crippen LogP contribution in [0.1, 0.15) is 70.8 Å². The van der Waals surface area contributed by atoms with Crippen molar-refractivity contribution >= 4 is 39.2 Å². The Morgan fingerprint density at radius 1 is 1.08 bits per heavy atom. The van der Waals surface area contributed by atoms with Crippen molar-refractivity contribution < 1.29 is 18.7 Å². The van der Waals surface area contributed by atoms with Gasteiger partial charge in [0.1, 0.15) is 18.2 Å². The number of nitriles is 1. The van der Waals surface area contributed by atoms with Gasteiger partial charge < -0.3 is 14.8 Å². The number of likely N-dealkylation sites (tertiary alicyclic amines) is 1. The van der Waals surface area contributed by atoms with Crippen LogP contribution in [0.25, 0.3) is 27.6 Å². The van der Waals surface area contributed by atoms with E-state index in [0.29, 0.717) is 35.8 Å². The Bertz CT molecular complexity index is 2380. The van der Waals surface area contributed by atoms with E-state index in [1.807, 2.05) is 54.6 Å². The number of anilines is 1. The number of piperidine rings is 1. The summed E-state index contributed by atoms with van der Waals surface area (Å²) in [6.45, 7) is 9.53. The SMILES string of the molecule is C=C([C@@H]1CCO1)n1c(CN2CCC(c3cccc(OCc4ccc(C#N)cc4F)n3)CC2)nc2cc(C(=O)Nc3ccc4n[nH]c(CC)c4c3)ccc21. The maximum atomic E-state index is 14.4. The second kappa shape index (κ2) is 14.6. The minimum absolute atomic E-state index is 0.0267. The predicted octanol–water partition coefficient (Wildman–Crippen LogP) is 7.35. The number of amides is 1. The maximum Gasteiger partial charge on any atom is 0.255 e. The molecular formula is C41H39FN8O3. The lowest BCUT2D eigenvalue weighted by Gasteiger charge is -2.33. The fourth-order valence-corrected chi connectivity index (χ4v) is 7.17. The van der Waals surface area contributed by atoms with Crippen LogP contribution in [0.3, 0.4) is 0 Å². The topological polar surface area (TPSA) is 134 Å². The monoisotopic (exact) mass is 710 g/mol. The van der Waals surface area contributed by atoms with Gasteiger partial charge in [0.25, 0.3) is 5.91 Å². The molecule has 12 heteroatoms. The summed E-state index contributed by atoms with van der Waals surface area (Å²) >= 11 is 0. The number of aromatic amines is 1. The number of fused-ring (bicyclic) bond motifs is 2. The fraction of sp³-hybridized carbons (Fsp3) is 0.293. The Hall–Kier alpha value is -5.90. The predicted molar refractivity (Wildman–Crippen MR) is 200 cm³/mol. The first-order valence-electron chi connectivity index (χ1n) is 18.0. The van der Waals surface area contributed by atoms with Crippen LogP contribution in [0.5, 0.6) is 5.88 Å². The third kappa shape index (κ3) is 7.01. The first-order chi connectivity index (χ1) is 25.9. The van der Waals surface area contributed by atoms with E-state index in [1.165, 1.54) is 6.07 Å². The molecule has 0 aliphatic carbocycles. The molecule has 1 atom stereocenters. The van der Waals surface area contributed by atoms with Gasteiger partial charge in [0.15, 0.2) is 0 Å². The van der Waals surface area contributed by atoms with Gasteiger partial charge in [0, 0.05) is 57.7 Å². The molecule has 0 saturated carbocycles. The summed E-state index contributed by atoms with van der Waals surface area (Å²) in [7, 11) is 0. The number of H-pyrrole nitrogens is 1. The molecule has 1 amide bonds. The third-order valence-electron chi connectivity index (χ3n) is 10.3. The number of hydrogen-bond acceptors (Lipinski definition) is 8. The summed E-state index contributed by atoms with van der Waals surface area (Å²) in [4.78, 5) is 25.7. The summed E-state index contributed by atoms with van der Waals surface area (Å²) in [5.74, 6) is 0.870. The minimum atomic E-state index is -0.471. The van der Waals surface area contributed by atoms with E-state index >= 15 is 0 Å². The Kier molecular flexibility index (Phi) is 9.43. The number of ether oxygens (including phenoxy) is 2. The van der Waals surface area contributed by atoms with Gasteiger partial charge in [-0.25, -0.2) is 14.4 Å². The van der Waals surface area contributed by atoms with Crippen molar-refractivity contribution in [2.45, 2.75) is 57.8 Å². The Balaban J connectivity index is 0.953. The molecule has 3 aromatic carbocycles. The molecule has 2 fully saturated rings.